The molecule has 0 spiro atoms. The summed E-state index contributed by atoms with van der Waals surface area (Å²) in [6.45, 7) is 0. The normalized spacial score (nSPS) is 24.5. The Bertz CT molecular complexity index is 1680. The van der Waals surface area contributed by atoms with E-state index in [4.69, 9.17) is 0 Å². The first-order chi connectivity index (χ1) is 17.8. The summed E-state index contributed by atoms with van der Waals surface area (Å²) in [4.78, 5) is 7.32. The third-order valence-electron chi connectivity index (χ3n) is 6.96. The van der Waals surface area contributed by atoms with Gasteiger partial charge < -0.3 is 20.6 Å². The molecule has 5 heterocycles. The van der Waals surface area contributed by atoms with E-state index >= 15 is 0 Å². The zero-order chi connectivity index (χ0) is 23.9. The van der Waals surface area contributed by atoms with Crippen LogP contribution in [0.15, 0.2) is 121 Å². The summed E-state index contributed by atoms with van der Waals surface area (Å²) in [5.41, 5.74) is 9.12. The van der Waals surface area contributed by atoms with Crippen LogP contribution in [-0.4, -0.2) is 22.1 Å². The predicted octanol–water partition coefficient (Wildman–Crippen LogP) is 4.19. The van der Waals surface area contributed by atoms with E-state index in [-0.39, 0.29) is 12.1 Å². The molecule has 7 rings (SSSR count). The number of H-pyrrole nitrogens is 2. The van der Waals surface area contributed by atoms with Gasteiger partial charge in [-0.05, 0) is 59.7 Å². The molecule has 4 N–H and O–H groups in total. The van der Waals surface area contributed by atoms with Gasteiger partial charge in [-0.3, -0.25) is 0 Å². The van der Waals surface area contributed by atoms with Crippen molar-refractivity contribution in [1.29, 1.82) is 0 Å². The van der Waals surface area contributed by atoms with Crippen molar-refractivity contribution in [3.05, 3.63) is 154 Å². The second-order valence-corrected chi connectivity index (χ2v) is 9.37. The summed E-state index contributed by atoms with van der Waals surface area (Å²) >= 11 is 0. The average molecular weight is 467 g/mol. The maximum Gasteiger partial charge on any atom is 0.0727 e. The average Bonchev–Trinajstić information content (AvgIpc) is 3.72. The zero-order valence-electron chi connectivity index (χ0n) is 19.7. The Kier molecular flexibility index (Phi) is 4.88. The minimum absolute atomic E-state index is 0.0726. The Labute approximate surface area is 209 Å². The van der Waals surface area contributed by atoms with Crippen molar-refractivity contribution in [1.82, 2.24) is 20.6 Å². The van der Waals surface area contributed by atoms with Crippen LogP contribution in [0.4, 0.5) is 0 Å². The molecular weight excluding hydrogens is 440 g/mol. The van der Waals surface area contributed by atoms with Gasteiger partial charge in [0.15, 0.2) is 0 Å². The first-order valence-electron chi connectivity index (χ1n) is 12.4. The molecule has 2 unspecified atom stereocenters. The highest BCUT2D eigenvalue weighted by molar-refractivity contribution is 5.83. The molecule has 2 aromatic carbocycles. The van der Waals surface area contributed by atoms with E-state index in [0.717, 1.165) is 33.5 Å². The number of benzene rings is 2. The highest BCUT2D eigenvalue weighted by Crippen LogP contribution is 2.29. The minimum Gasteiger partial charge on any atom is -0.375 e. The van der Waals surface area contributed by atoms with Crippen molar-refractivity contribution < 1.29 is 0 Å². The molecular formula is C32H26N4. The summed E-state index contributed by atoms with van der Waals surface area (Å²) in [5, 5.41) is 9.65. The fourth-order valence-electron chi connectivity index (χ4n) is 5.31. The first-order valence-corrected chi connectivity index (χ1v) is 12.4. The lowest BCUT2D eigenvalue weighted by molar-refractivity contribution is 0.857. The molecule has 174 valence electrons. The molecule has 3 aliphatic rings. The summed E-state index contributed by atoms with van der Waals surface area (Å²) in [6, 6.07) is 30.0. The van der Waals surface area contributed by atoms with E-state index < -0.39 is 0 Å². The van der Waals surface area contributed by atoms with Crippen LogP contribution in [0.1, 0.15) is 22.5 Å². The number of nitrogens with one attached hydrogen (secondary N) is 4. The number of hydrogen-bond acceptors (Lipinski definition) is 2. The Balaban J connectivity index is 1.43. The second-order valence-electron chi connectivity index (χ2n) is 9.37. The smallest absolute Gasteiger partial charge is 0.0727 e. The molecule has 0 saturated heterocycles. The van der Waals surface area contributed by atoms with Crippen molar-refractivity contribution in [3.8, 4) is 0 Å². The highest BCUT2D eigenvalue weighted by atomic mass is 15.0. The van der Waals surface area contributed by atoms with Crippen LogP contribution in [0, 0.1) is 0 Å². The van der Waals surface area contributed by atoms with Gasteiger partial charge in [0, 0.05) is 44.6 Å². The van der Waals surface area contributed by atoms with E-state index in [9.17, 15) is 0 Å². The highest BCUT2D eigenvalue weighted by Gasteiger charge is 2.21. The van der Waals surface area contributed by atoms with Gasteiger partial charge in [0.1, 0.15) is 0 Å². The van der Waals surface area contributed by atoms with Crippen molar-refractivity contribution in [2.24, 2.45) is 0 Å². The van der Waals surface area contributed by atoms with Gasteiger partial charge in [-0.25, -0.2) is 0 Å². The van der Waals surface area contributed by atoms with Gasteiger partial charge in [0.25, 0.3) is 0 Å². The number of aromatic nitrogens is 2. The number of hydrogen-bond donors (Lipinski definition) is 4. The predicted molar refractivity (Wildman–Crippen MR) is 147 cm³/mol. The molecule has 8 bridgehead atoms. The topological polar surface area (TPSA) is 55.6 Å². The zero-order valence-corrected chi connectivity index (χ0v) is 19.7. The summed E-state index contributed by atoms with van der Waals surface area (Å²) in [5.74, 6) is 0. The van der Waals surface area contributed by atoms with Crippen LogP contribution < -0.4 is 21.3 Å². The fourth-order valence-corrected chi connectivity index (χ4v) is 5.31. The number of allylic oxidation sites excluding steroid dienone is 2. The molecule has 0 saturated carbocycles. The maximum atomic E-state index is 3.72. The van der Waals surface area contributed by atoms with Crippen molar-refractivity contribution in [2.75, 3.05) is 0 Å². The molecule has 4 heteroatoms. The summed E-state index contributed by atoms with van der Waals surface area (Å²) in [6.07, 6.45) is 13.2. The van der Waals surface area contributed by atoms with E-state index in [1.54, 1.807) is 0 Å². The Morgan fingerprint density at radius 2 is 1.44 bits per heavy atom. The Morgan fingerprint density at radius 1 is 0.639 bits per heavy atom. The van der Waals surface area contributed by atoms with Gasteiger partial charge in [0.2, 0.25) is 0 Å². The SMILES string of the molecule is C1=CC2N/C1=C\c1ccc([nH]1)/C(c1ccccc1)=C1/C=CC(/C=c3/ccc([nH]3)=C2c2ccccc2)N1. The molecule has 0 radical (unpaired) electrons. The fraction of sp³-hybridized carbons (Fsp3) is 0.0625. The summed E-state index contributed by atoms with van der Waals surface area (Å²) in [7, 11) is 0. The number of rotatable bonds is 2. The Morgan fingerprint density at radius 3 is 2.28 bits per heavy atom. The third kappa shape index (κ3) is 3.73. The van der Waals surface area contributed by atoms with Crippen LogP contribution in [-0.2, 0) is 0 Å². The van der Waals surface area contributed by atoms with Gasteiger partial charge in [-0.15, -0.1) is 0 Å². The van der Waals surface area contributed by atoms with Gasteiger partial charge in [-0.1, -0.05) is 72.8 Å². The van der Waals surface area contributed by atoms with Crippen LogP contribution in [0.2, 0.25) is 0 Å². The third-order valence-corrected chi connectivity index (χ3v) is 6.96. The number of fused-ring (bicyclic) bond motifs is 8. The molecule has 4 aromatic rings. The molecule has 2 atom stereocenters. The molecule has 4 nitrogen and oxygen atoms in total. The largest absolute Gasteiger partial charge is 0.375 e. The van der Waals surface area contributed by atoms with Crippen LogP contribution >= 0.6 is 0 Å². The van der Waals surface area contributed by atoms with E-state index in [1.165, 1.54) is 22.3 Å². The monoisotopic (exact) mass is 466 g/mol. The molecule has 36 heavy (non-hydrogen) atoms. The quantitative estimate of drug-likeness (QED) is 0.358. The van der Waals surface area contributed by atoms with E-state index in [1.807, 2.05) is 0 Å². The Hall–Kier alpha value is -4.70. The lowest BCUT2D eigenvalue weighted by Crippen LogP contribution is -2.29. The summed E-state index contributed by atoms with van der Waals surface area (Å²) < 4.78 is 0. The van der Waals surface area contributed by atoms with Crippen LogP contribution in [0.3, 0.4) is 0 Å². The van der Waals surface area contributed by atoms with Gasteiger partial charge >= 0.3 is 0 Å². The first kappa shape index (κ1) is 20.7. The van der Waals surface area contributed by atoms with Gasteiger partial charge in [0.05, 0.1) is 12.1 Å². The molecule has 3 aliphatic heterocycles. The molecule has 0 aliphatic carbocycles. The van der Waals surface area contributed by atoms with Crippen molar-refractivity contribution >= 4 is 23.3 Å². The molecule has 2 aromatic heterocycles. The minimum atomic E-state index is 0.0726. The van der Waals surface area contributed by atoms with Gasteiger partial charge in [-0.2, -0.15) is 0 Å². The maximum absolute atomic E-state index is 3.72. The van der Waals surface area contributed by atoms with E-state index in [2.05, 4.69) is 142 Å². The van der Waals surface area contributed by atoms with E-state index in [0.29, 0.717) is 0 Å². The lowest BCUT2D eigenvalue weighted by Gasteiger charge is -2.16. The van der Waals surface area contributed by atoms with Crippen molar-refractivity contribution in [3.63, 3.8) is 0 Å². The standard InChI is InChI=1S/C32H26N4/c1-3-7-21(8-4-1)31-27-15-11-23(33-27)19-25-13-17-29(35-25)32(22-9-5-2-6-10-22)30-18-14-26(36-30)20-24-12-16-28(31)34-24/h1-20,23,30,33-36H/b25-19-,26-20-,31-27-,32-29?. The van der Waals surface area contributed by atoms with Crippen LogP contribution in [0.25, 0.3) is 23.3 Å². The lowest BCUT2D eigenvalue weighted by atomic mass is 9.99. The van der Waals surface area contributed by atoms with Crippen LogP contribution in [0.5, 0.6) is 0 Å². The molecule has 0 amide bonds. The molecule has 0 fully saturated rings. The number of aromatic amines is 2. The second kappa shape index (κ2) is 8.51. The van der Waals surface area contributed by atoms with Crippen molar-refractivity contribution in [2.45, 2.75) is 12.1 Å².